The first-order valence-electron chi connectivity index (χ1n) is 5.59. The lowest BCUT2D eigenvalue weighted by molar-refractivity contribution is 0.416. The van der Waals surface area contributed by atoms with Crippen molar-refractivity contribution in [3.63, 3.8) is 0 Å². The maximum atomic E-state index is 3.41. The van der Waals surface area contributed by atoms with Crippen molar-refractivity contribution in [3.8, 4) is 0 Å². The Morgan fingerprint density at radius 2 is 2.15 bits per heavy atom. The Balaban J connectivity index is 2.40. The van der Waals surface area contributed by atoms with Crippen molar-refractivity contribution in [1.29, 1.82) is 0 Å². The topological polar surface area (TPSA) is 12.0 Å². The summed E-state index contributed by atoms with van der Waals surface area (Å²) in [6, 6.07) is 0.671. The van der Waals surface area contributed by atoms with Gasteiger partial charge in [-0.3, -0.25) is 0 Å². The minimum absolute atomic E-state index is 0.671. The molecule has 0 heterocycles. The predicted molar refractivity (Wildman–Crippen MR) is 58.9 cm³/mol. The van der Waals surface area contributed by atoms with Gasteiger partial charge in [0.2, 0.25) is 0 Å². The summed E-state index contributed by atoms with van der Waals surface area (Å²) >= 11 is 0. The van der Waals surface area contributed by atoms with Crippen LogP contribution in [0.15, 0.2) is 11.6 Å². The molecule has 13 heavy (non-hydrogen) atoms. The van der Waals surface area contributed by atoms with Crippen LogP contribution >= 0.6 is 0 Å². The third kappa shape index (κ3) is 3.51. The van der Waals surface area contributed by atoms with Gasteiger partial charge >= 0.3 is 0 Å². The van der Waals surface area contributed by atoms with E-state index in [9.17, 15) is 0 Å². The lowest BCUT2D eigenvalue weighted by Crippen LogP contribution is -2.31. The lowest BCUT2D eigenvalue weighted by Gasteiger charge is -2.23. The Kier molecular flexibility index (Phi) is 4.51. The van der Waals surface area contributed by atoms with Gasteiger partial charge < -0.3 is 5.32 Å². The average Bonchev–Trinajstić information content (AvgIpc) is 2.15. The van der Waals surface area contributed by atoms with Gasteiger partial charge in [0.05, 0.1) is 0 Å². The van der Waals surface area contributed by atoms with Gasteiger partial charge in [0.1, 0.15) is 0 Å². The number of rotatable bonds is 4. The molecule has 1 unspecified atom stereocenters. The Morgan fingerprint density at radius 3 is 2.62 bits per heavy atom. The summed E-state index contributed by atoms with van der Waals surface area (Å²) in [5.74, 6) is 0.743. The lowest BCUT2D eigenvalue weighted by atomic mass is 9.90. The Bertz CT molecular complexity index is 170. The second-order valence-corrected chi connectivity index (χ2v) is 4.45. The van der Waals surface area contributed by atoms with E-state index >= 15 is 0 Å². The Labute approximate surface area is 82.6 Å². The highest BCUT2D eigenvalue weighted by Crippen LogP contribution is 2.23. The number of hydrogen-bond acceptors (Lipinski definition) is 1. The van der Waals surface area contributed by atoms with E-state index in [4.69, 9.17) is 0 Å². The highest BCUT2D eigenvalue weighted by molar-refractivity contribution is 5.07. The summed E-state index contributed by atoms with van der Waals surface area (Å²) in [6.45, 7) is 4.59. The zero-order valence-electron chi connectivity index (χ0n) is 9.27. The molecular formula is C12H23N. The van der Waals surface area contributed by atoms with E-state index in [1.54, 1.807) is 5.57 Å². The number of hydrogen-bond donors (Lipinski definition) is 1. The molecule has 0 bridgehead atoms. The number of nitrogens with one attached hydrogen (secondary N) is 1. The summed E-state index contributed by atoms with van der Waals surface area (Å²) < 4.78 is 0. The first-order chi connectivity index (χ1) is 6.24. The molecule has 1 nitrogen and oxygen atoms in total. The van der Waals surface area contributed by atoms with Crippen LogP contribution in [0.5, 0.6) is 0 Å². The summed E-state index contributed by atoms with van der Waals surface area (Å²) in [4.78, 5) is 0. The van der Waals surface area contributed by atoms with Gasteiger partial charge in [-0.25, -0.2) is 0 Å². The molecule has 0 amide bonds. The first kappa shape index (κ1) is 10.8. The van der Waals surface area contributed by atoms with Crippen LogP contribution in [0.25, 0.3) is 0 Å². The summed E-state index contributed by atoms with van der Waals surface area (Å²) in [7, 11) is 2.08. The molecule has 0 saturated heterocycles. The van der Waals surface area contributed by atoms with E-state index in [0.717, 1.165) is 5.92 Å². The van der Waals surface area contributed by atoms with Crippen molar-refractivity contribution in [2.75, 3.05) is 7.05 Å². The van der Waals surface area contributed by atoms with Gasteiger partial charge in [-0.2, -0.15) is 0 Å². The van der Waals surface area contributed by atoms with E-state index in [1.807, 2.05) is 0 Å². The van der Waals surface area contributed by atoms with E-state index < -0.39 is 0 Å². The maximum absolute atomic E-state index is 3.41. The fourth-order valence-corrected chi connectivity index (χ4v) is 2.04. The van der Waals surface area contributed by atoms with Gasteiger partial charge in [-0.15, -0.1) is 0 Å². The van der Waals surface area contributed by atoms with Crippen molar-refractivity contribution < 1.29 is 0 Å². The van der Waals surface area contributed by atoms with Crippen LogP contribution in [0.4, 0.5) is 0 Å². The Hall–Kier alpha value is -0.300. The average molecular weight is 181 g/mol. The van der Waals surface area contributed by atoms with E-state index in [2.05, 4.69) is 32.3 Å². The number of allylic oxidation sites excluding steroid dienone is 1. The molecule has 1 atom stereocenters. The highest BCUT2D eigenvalue weighted by Gasteiger charge is 2.13. The van der Waals surface area contributed by atoms with Crippen LogP contribution in [0.2, 0.25) is 0 Å². The molecule has 0 saturated carbocycles. The molecule has 0 aromatic carbocycles. The maximum Gasteiger partial charge on any atom is 0.0124 e. The van der Waals surface area contributed by atoms with Gasteiger partial charge in [0.25, 0.3) is 0 Å². The molecule has 1 rings (SSSR count). The minimum atomic E-state index is 0.671. The van der Waals surface area contributed by atoms with Crippen molar-refractivity contribution >= 4 is 0 Å². The molecule has 0 aromatic rings. The monoisotopic (exact) mass is 181 g/mol. The van der Waals surface area contributed by atoms with Crippen LogP contribution in [-0.2, 0) is 0 Å². The molecule has 1 N–H and O–H groups in total. The zero-order chi connectivity index (χ0) is 9.68. The molecule has 0 radical (unpaired) electrons. The SMILES string of the molecule is CNC(CC1=CCCCC1)C(C)C. The van der Waals surface area contributed by atoms with Gasteiger partial charge in [0.15, 0.2) is 0 Å². The molecule has 0 spiro atoms. The van der Waals surface area contributed by atoms with Crippen molar-refractivity contribution in [2.45, 2.75) is 52.0 Å². The third-order valence-corrected chi connectivity index (χ3v) is 3.04. The fourth-order valence-electron chi connectivity index (χ4n) is 2.04. The summed E-state index contributed by atoms with van der Waals surface area (Å²) in [5, 5.41) is 3.41. The summed E-state index contributed by atoms with van der Waals surface area (Å²) in [6.07, 6.45) is 9.16. The standard InChI is InChI=1S/C12H23N/c1-10(2)12(13-3)9-11-7-5-4-6-8-11/h7,10,12-13H,4-6,8-9H2,1-3H3. The molecule has 0 fully saturated rings. The summed E-state index contributed by atoms with van der Waals surface area (Å²) in [5.41, 5.74) is 1.68. The van der Waals surface area contributed by atoms with Crippen LogP contribution in [0.1, 0.15) is 46.0 Å². The van der Waals surface area contributed by atoms with Crippen LogP contribution in [0, 0.1) is 5.92 Å². The zero-order valence-corrected chi connectivity index (χ0v) is 9.27. The molecule has 0 aliphatic heterocycles. The molecule has 1 aliphatic rings. The van der Waals surface area contributed by atoms with Gasteiger partial charge in [-0.1, -0.05) is 25.5 Å². The third-order valence-electron chi connectivity index (χ3n) is 3.04. The van der Waals surface area contributed by atoms with E-state index in [1.165, 1.54) is 32.1 Å². The van der Waals surface area contributed by atoms with Crippen LogP contribution < -0.4 is 5.32 Å². The van der Waals surface area contributed by atoms with Crippen molar-refractivity contribution in [2.24, 2.45) is 5.92 Å². The Morgan fingerprint density at radius 1 is 1.38 bits per heavy atom. The molecule has 0 aromatic heterocycles. The van der Waals surface area contributed by atoms with Crippen molar-refractivity contribution in [3.05, 3.63) is 11.6 Å². The normalized spacial score (nSPS) is 20.2. The molecule has 1 aliphatic carbocycles. The first-order valence-corrected chi connectivity index (χ1v) is 5.59. The predicted octanol–water partition coefficient (Wildman–Crippen LogP) is 3.12. The second-order valence-electron chi connectivity index (χ2n) is 4.45. The molecule has 1 heteroatoms. The smallest absolute Gasteiger partial charge is 0.0124 e. The highest BCUT2D eigenvalue weighted by atomic mass is 14.9. The van der Waals surface area contributed by atoms with Crippen LogP contribution in [0.3, 0.4) is 0 Å². The van der Waals surface area contributed by atoms with Crippen LogP contribution in [-0.4, -0.2) is 13.1 Å². The van der Waals surface area contributed by atoms with E-state index in [0.29, 0.717) is 6.04 Å². The second kappa shape index (κ2) is 5.43. The van der Waals surface area contributed by atoms with Gasteiger partial charge in [-0.05, 0) is 45.1 Å². The fraction of sp³-hybridized carbons (Fsp3) is 0.833. The molecule has 76 valence electrons. The van der Waals surface area contributed by atoms with Gasteiger partial charge in [0, 0.05) is 6.04 Å². The molecular weight excluding hydrogens is 158 g/mol. The largest absolute Gasteiger partial charge is 0.316 e. The quantitative estimate of drug-likeness (QED) is 0.657. The van der Waals surface area contributed by atoms with E-state index in [-0.39, 0.29) is 0 Å². The minimum Gasteiger partial charge on any atom is -0.316 e. The van der Waals surface area contributed by atoms with Crippen molar-refractivity contribution in [1.82, 2.24) is 5.32 Å².